The number of hydrogen-bond donors (Lipinski definition) is 1. The average molecular weight is 209 g/mol. The first kappa shape index (κ1) is 9.44. The van der Waals surface area contributed by atoms with Crippen molar-refractivity contribution in [2.24, 2.45) is 5.14 Å². The average Bonchev–Trinajstić information content (AvgIpc) is 1.83. The lowest BCUT2D eigenvalue weighted by Gasteiger charge is -1.98. The minimum atomic E-state index is -4.02. The van der Waals surface area contributed by atoms with E-state index in [0.29, 0.717) is 0 Å². The minimum absolute atomic E-state index is 0.0000926. The molecule has 12 heavy (non-hydrogen) atoms. The highest BCUT2D eigenvalue weighted by atomic mass is 35.5. The Labute approximate surface area is 74.0 Å². The molecule has 1 radical (unpaired) electrons. The Morgan fingerprint density at radius 3 is 2.58 bits per heavy atom. The van der Waals surface area contributed by atoms with Gasteiger partial charge < -0.3 is 0 Å². The Hall–Kier alpha value is -0.650. The molecular formula is C6H4ClFNO2S. The van der Waals surface area contributed by atoms with Gasteiger partial charge in [0.2, 0.25) is 10.0 Å². The fourth-order valence-corrected chi connectivity index (χ4v) is 1.35. The summed E-state index contributed by atoms with van der Waals surface area (Å²) in [5.74, 6) is -0.971. The van der Waals surface area contributed by atoms with Crippen molar-refractivity contribution in [2.75, 3.05) is 0 Å². The zero-order chi connectivity index (χ0) is 9.35. The molecular weight excluding hydrogens is 205 g/mol. The van der Waals surface area contributed by atoms with Crippen LogP contribution >= 0.6 is 11.6 Å². The molecule has 0 amide bonds. The summed E-state index contributed by atoms with van der Waals surface area (Å²) in [6.45, 7) is 0. The van der Waals surface area contributed by atoms with Gasteiger partial charge in [0.05, 0.1) is 5.02 Å². The van der Waals surface area contributed by atoms with Gasteiger partial charge in [-0.25, -0.2) is 17.9 Å². The zero-order valence-electron chi connectivity index (χ0n) is 5.71. The first-order valence-corrected chi connectivity index (χ1v) is 4.73. The largest absolute Gasteiger partial charge is 0.240 e. The molecule has 0 bridgehead atoms. The standard InChI is InChI=1S/C6H4ClFNO2S/c7-4-1-2-6(5(8)3-4)12(9,10)11/h2-3H,(H2,9,10,11). The van der Waals surface area contributed by atoms with Crippen LogP contribution in [0.3, 0.4) is 0 Å². The van der Waals surface area contributed by atoms with Crippen LogP contribution < -0.4 is 5.14 Å². The second-order valence-electron chi connectivity index (χ2n) is 2.04. The van der Waals surface area contributed by atoms with E-state index in [4.69, 9.17) is 11.6 Å². The van der Waals surface area contributed by atoms with E-state index in [2.05, 4.69) is 11.2 Å². The van der Waals surface area contributed by atoms with Gasteiger partial charge in [0.25, 0.3) is 0 Å². The summed E-state index contributed by atoms with van der Waals surface area (Å²) in [4.78, 5) is -0.605. The molecule has 2 N–H and O–H groups in total. The van der Waals surface area contributed by atoms with E-state index in [9.17, 15) is 12.8 Å². The summed E-state index contributed by atoms with van der Waals surface area (Å²) in [7, 11) is -4.02. The maximum absolute atomic E-state index is 12.8. The van der Waals surface area contributed by atoms with E-state index in [1.807, 2.05) is 0 Å². The highest BCUT2D eigenvalue weighted by Gasteiger charge is 2.13. The van der Waals surface area contributed by atoms with Crippen molar-refractivity contribution in [2.45, 2.75) is 4.90 Å². The predicted molar refractivity (Wildman–Crippen MR) is 41.6 cm³/mol. The van der Waals surface area contributed by atoms with Crippen LogP contribution in [0.2, 0.25) is 5.02 Å². The third-order valence-corrected chi connectivity index (χ3v) is 2.28. The van der Waals surface area contributed by atoms with Gasteiger partial charge in [-0.2, -0.15) is 0 Å². The molecule has 0 aromatic heterocycles. The van der Waals surface area contributed by atoms with Crippen molar-refractivity contribution in [3.05, 3.63) is 29.0 Å². The van der Waals surface area contributed by atoms with Gasteiger partial charge in [0, 0.05) is 6.07 Å². The molecule has 1 rings (SSSR count). The normalized spacial score (nSPS) is 11.6. The van der Waals surface area contributed by atoms with Gasteiger partial charge in [-0.15, -0.1) is 0 Å². The molecule has 0 atom stereocenters. The van der Waals surface area contributed by atoms with Crippen molar-refractivity contribution in [3.63, 3.8) is 0 Å². The number of sulfonamides is 1. The number of hydrogen-bond acceptors (Lipinski definition) is 2. The molecule has 0 heterocycles. The second-order valence-corrected chi connectivity index (χ2v) is 3.98. The highest BCUT2D eigenvalue weighted by Crippen LogP contribution is 2.16. The lowest BCUT2D eigenvalue weighted by molar-refractivity contribution is 0.568. The minimum Gasteiger partial charge on any atom is -0.225 e. The highest BCUT2D eigenvalue weighted by molar-refractivity contribution is 7.89. The Balaban J connectivity index is 3.39. The van der Waals surface area contributed by atoms with Crippen LogP contribution in [0.15, 0.2) is 17.0 Å². The van der Waals surface area contributed by atoms with Gasteiger partial charge in [0.15, 0.2) is 0 Å². The Bertz CT molecular complexity index is 404. The monoisotopic (exact) mass is 208 g/mol. The number of halogens is 2. The van der Waals surface area contributed by atoms with Crippen molar-refractivity contribution in [1.29, 1.82) is 0 Å². The van der Waals surface area contributed by atoms with Crippen molar-refractivity contribution < 1.29 is 12.8 Å². The maximum atomic E-state index is 12.8. The van der Waals surface area contributed by atoms with E-state index < -0.39 is 20.7 Å². The predicted octanol–water partition coefficient (Wildman–Crippen LogP) is 0.927. The summed E-state index contributed by atoms with van der Waals surface area (Å²) in [6.07, 6.45) is 0. The van der Waals surface area contributed by atoms with Gasteiger partial charge in [0.1, 0.15) is 10.7 Å². The molecule has 0 aliphatic carbocycles. The lowest BCUT2D eigenvalue weighted by Crippen LogP contribution is -2.13. The van der Waals surface area contributed by atoms with Crippen LogP contribution in [0.5, 0.6) is 0 Å². The molecule has 0 saturated carbocycles. The van der Waals surface area contributed by atoms with Crippen LogP contribution in [0.1, 0.15) is 0 Å². The summed E-state index contributed by atoms with van der Waals surface area (Å²) >= 11 is 5.34. The van der Waals surface area contributed by atoms with Gasteiger partial charge in [-0.1, -0.05) is 11.6 Å². The summed E-state index contributed by atoms with van der Waals surface area (Å²) < 4.78 is 34.1. The smallest absolute Gasteiger partial charge is 0.225 e. The van der Waals surface area contributed by atoms with Crippen molar-refractivity contribution in [1.82, 2.24) is 0 Å². The number of primary sulfonamides is 1. The fraction of sp³-hybridized carbons (Fsp3) is 0. The van der Waals surface area contributed by atoms with Crippen molar-refractivity contribution >= 4 is 21.6 Å². The number of nitrogens with two attached hydrogens (primary N) is 1. The van der Waals surface area contributed by atoms with Gasteiger partial charge >= 0.3 is 0 Å². The molecule has 0 unspecified atom stereocenters. The molecule has 0 aliphatic rings. The first-order valence-electron chi connectivity index (χ1n) is 2.81. The van der Waals surface area contributed by atoms with Crippen LogP contribution in [0.25, 0.3) is 0 Å². The van der Waals surface area contributed by atoms with Gasteiger partial charge in [-0.3, -0.25) is 0 Å². The Morgan fingerprint density at radius 1 is 1.58 bits per heavy atom. The van der Waals surface area contributed by atoms with E-state index >= 15 is 0 Å². The number of rotatable bonds is 1. The number of benzene rings is 1. The molecule has 0 aliphatic heterocycles. The molecule has 1 aromatic rings. The Kier molecular flexibility index (Phi) is 2.36. The molecule has 1 aromatic carbocycles. The van der Waals surface area contributed by atoms with E-state index in [0.717, 1.165) is 12.1 Å². The van der Waals surface area contributed by atoms with Gasteiger partial charge in [-0.05, 0) is 12.1 Å². The molecule has 0 fully saturated rings. The molecule has 0 spiro atoms. The maximum Gasteiger partial charge on any atom is 0.240 e. The van der Waals surface area contributed by atoms with Crippen LogP contribution in [-0.2, 0) is 10.0 Å². The SMILES string of the molecule is NS(=O)(=O)c1c[c]c(Cl)cc1F. The second kappa shape index (κ2) is 3.01. The van der Waals surface area contributed by atoms with Crippen molar-refractivity contribution in [3.8, 4) is 0 Å². The third-order valence-electron chi connectivity index (χ3n) is 1.14. The molecule has 3 nitrogen and oxygen atoms in total. The van der Waals surface area contributed by atoms with E-state index in [1.165, 1.54) is 0 Å². The Morgan fingerprint density at radius 2 is 2.17 bits per heavy atom. The lowest BCUT2D eigenvalue weighted by atomic mass is 10.3. The first-order chi connectivity index (χ1) is 5.41. The quantitative estimate of drug-likeness (QED) is 0.746. The summed E-state index contributed by atoms with van der Waals surface area (Å²) in [6, 6.07) is 4.04. The molecule has 0 saturated heterocycles. The third kappa shape index (κ3) is 1.94. The topological polar surface area (TPSA) is 60.2 Å². The zero-order valence-corrected chi connectivity index (χ0v) is 7.29. The van der Waals surface area contributed by atoms with Crippen LogP contribution in [0.4, 0.5) is 4.39 Å². The molecule has 6 heteroatoms. The van der Waals surface area contributed by atoms with Crippen LogP contribution in [0, 0.1) is 11.9 Å². The summed E-state index contributed by atoms with van der Waals surface area (Å²) in [5, 5.41) is 4.68. The van der Waals surface area contributed by atoms with Crippen LogP contribution in [-0.4, -0.2) is 8.42 Å². The summed E-state index contributed by atoms with van der Waals surface area (Å²) in [5.41, 5.74) is 0. The van der Waals surface area contributed by atoms with E-state index in [-0.39, 0.29) is 5.02 Å². The van der Waals surface area contributed by atoms with E-state index in [1.54, 1.807) is 0 Å². The fourth-order valence-electron chi connectivity index (χ4n) is 0.646. The molecule has 65 valence electrons.